The Morgan fingerprint density at radius 2 is 1.88 bits per heavy atom. The number of ether oxygens (including phenoxy) is 2. The van der Waals surface area contributed by atoms with E-state index < -0.39 is 5.82 Å². The SMILES string of the molecule is CCc1cc([C@H]2OCCC2(C)C)c(-c2cc(OC)ccc2F)cc1F. The summed E-state index contributed by atoms with van der Waals surface area (Å²) in [5.74, 6) is -0.185. The summed E-state index contributed by atoms with van der Waals surface area (Å²) < 4.78 is 40.3. The van der Waals surface area contributed by atoms with Crippen LogP contribution in [-0.4, -0.2) is 13.7 Å². The first-order chi connectivity index (χ1) is 11.9. The molecule has 0 aliphatic carbocycles. The van der Waals surface area contributed by atoms with Crippen LogP contribution in [0.25, 0.3) is 11.1 Å². The van der Waals surface area contributed by atoms with E-state index in [0.717, 1.165) is 12.0 Å². The molecule has 2 aromatic carbocycles. The van der Waals surface area contributed by atoms with Crippen molar-refractivity contribution in [3.63, 3.8) is 0 Å². The Morgan fingerprint density at radius 3 is 2.48 bits per heavy atom. The van der Waals surface area contributed by atoms with E-state index >= 15 is 0 Å². The van der Waals surface area contributed by atoms with Gasteiger partial charge in [-0.25, -0.2) is 8.78 Å². The van der Waals surface area contributed by atoms with Crippen LogP contribution in [0, 0.1) is 17.0 Å². The van der Waals surface area contributed by atoms with Crippen molar-refractivity contribution in [2.75, 3.05) is 13.7 Å². The summed E-state index contributed by atoms with van der Waals surface area (Å²) in [7, 11) is 1.53. The zero-order valence-corrected chi connectivity index (χ0v) is 15.2. The van der Waals surface area contributed by atoms with E-state index in [1.54, 1.807) is 12.1 Å². The van der Waals surface area contributed by atoms with Crippen LogP contribution in [0.2, 0.25) is 0 Å². The van der Waals surface area contributed by atoms with Crippen molar-refractivity contribution >= 4 is 0 Å². The first kappa shape index (κ1) is 17.9. The lowest BCUT2D eigenvalue weighted by molar-refractivity contribution is 0.0639. The molecule has 25 heavy (non-hydrogen) atoms. The number of aryl methyl sites for hydroxylation is 1. The van der Waals surface area contributed by atoms with Crippen LogP contribution in [0.15, 0.2) is 30.3 Å². The second-order valence-corrected chi connectivity index (χ2v) is 7.22. The van der Waals surface area contributed by atoms with E-state index in [9.17, 15) is 8.78 Å². The highest BCUT2D eigenvalue weighted by molar-refractivity contribution is 5.71. The van der Waals surface area contributed by atoms with Gasteiger partial charge in [-0.2, -0.15) is 0 Å². The standard InChI is InChI=1S/C21H24F2O2/c1-5-13-10-17(20-21(2,3)8-9-25-20)15(12-19(13)23)16-11-14(24-4)6-7-18(16)22/h6-7,10-12,20H,5,8-9H2,1-4H3/t20-/m1/s1. The highest BCUT2D eigenvalue weighted by Crippen LogP contribution is 2.48. The minimum Gasteiger partial charge on any atom is -0.497 e. The molecule has 0 N–H and O–H groups in total. The fraction of sp³-hybridized carbons (Fsp3) is 0.429. The maximum atomic E-state index is 14.5. The largest absolute Gasteiger partial charge is 0.497 e. The van der Waals surface area contributed by atoms with Crippen molar-refractivity contribution in [2.45, 2.75) is 39.7 Å². The summed E-state index contributed by atoms with van der Waals surface area (Å²) in [5.41, 5.74) is 2.24. The van der Waals surface area contributed by atoms with Crippen molar-refractivity contribution in [1.82, 2.24) is 0 Å². The van der Waals surface area contributed by atoms with Crippen LogP contribution < -0.4 is 4.74 Å². The average molecular weight is 346 g/mol. The van der Waals surface area contributed by atoms with Gasteiger partial charge in [0.2, 0.25) is 0 Å². The quantitative estimate of drug-likeness (QED) is 0.708. The first-order valence-electron chi connectivity index (χ1n) is 8.65. The lowest BCUT2D eigenvalue weighted by Crippen LogP contribution is -2.18. The fourth-order valence-electron chi connectivity index (χ4n) is 3.50. The highest BCUT2D eigenvalue weighted by atomic mass is 19.1. The van der Waals surface area contributed by atoms with Gasteiger partial charge in [0, 0.05) is 12.2 Å². The van der Waals surface area contributed by atoms with Gasteiger partial charge < -0.3 is 9.47 Å². The van der Waals surface area contributed by atoms with Gasteiger partial charge in [0.05, 0.1) is 13.2 Å². The number of hydrogen-bond acceptors (Lipinski definition) is 2. The molecule has 1 fully saturated rings. The Kier molecular flexibility index (Phi) is 4.83. The second kappa shape index (κ2) is 6.75. The van der Waals surface area contributed by atoms with Crippen LogP contribution >= 0.6 is 0 Å². The molecule has 1 saturated heterocycles. The molecule has 1 atom stereocenters. The Balaban J connectivity index is 2.24. The molecule has 3 rings (SSSR count). The van der Waals surface area contributed by atoms with Crippen LogP contribution in [0.5, 0.6) is 5.75 Å². The van der Waals surface area contributed by atoms with Gasteiger partial charge in [-0.05, 0) is 65.3 Å². The molecular formula is C21H24F2O2. The lowest BCUT2D eigenvalue weighted by atomic mass is 9.79. The molecule has 2 nitrogen and oxygen atoms in total. The molecule has 2 aromatic rings. The predicted octanol–water partition coefficient (Wildman–Crippen LogP) is 5.69. The smallest absolute Gasteiger partial charge is 0.131 e. The predicted molar refractivity (Wildman–Crippen MR) is 94.8 cm³/mol. The van der Waals surface area contributed by atoms with Gasteiger partial charge in [0.25, 0.3) is 0 Å². The van der Waals surface area contributed by atoms with Gasteiger partial charge in [0.1, 0.15) is 17.4 Å². The van der Waals surface area contributed by atoms with E-state index in [0.29, 0.717) is 35.5 Å². The van der Waals surface area contributed by atoms with Crippen molar-refractivity contribution in [2.24, 2.45) is 5.41 Å². The molecule has 0 bridgehead atoms. The van der Waals surface area contributed by atoms with Gasteiger partial charge in [0.15, 0.2) is 0 Å². The fourth-order valence-corrected chi connectivity index (χ4v) is 3.50. The maximum Gasteiger partial charge on any atom is 0.131 e. The number of halogens is 2. The number of methoxy groups -OCH3 is 1. The molecule has 1 aliphatic rings. The van der Waals surface area contributed by atoms with Crippen molar-refractivity contribution in [3.05, 3.63) is 53.1 Å². The van der Waals surface area contributed by atoms with E-state index in [1.807, 2.05) is 13.0 Å². The summed E-state index contributed by atoms with van der Waals surface area (Å²) in [6.45, 7) is 6.82. The third kappa shape index (κ3) is 3.28. The maximum absolute atomic E-state index is 14.5. The lowest BCUT2D eigenvalue weighted by Gasteiger charge is -2.28. The van der Waals surface area contributed by atoms with E-state index in [1.165, 1.54) is 19.2 Å². The summed E-state index contributed by atoms with van der Waals surface area (Å²) in [6.07, 6.45) is 1.29. The van der Waals surface area contributed by atoms with Crippen LogP contribution in [0.1, 0.15) is 44.4 Å². The molecule has 4 heteroatoms. The van der Waals surface area contributed by atoms with E-state index in [-0.39, 0.29) is 17.3 Å². The van der Waals surface area contributed by atoms with Crippen LogP contribution in [-0.2, 0) is 11.2 Å². The Labute approximate surface area is 147 Å². The van der Waals surface area contributed by atoms with Crippen molar-refractivity contribution < 1.29 is 18.3 Å². The molecule has 134 valence electrons. The van der Waals surface area contributed by atoms with Gasteiger partial charge in [-0.3, -0.25) is 0 Å². The van der Waals surface area contributed by atoms with E-state index in [4.69, 9.17) is 9.47 Å². The Morgan fingerprint density at radius 1 is 1.12 bits per heavy atom. The minimum absolute atomic E-state index is 0.0903. The monoisotopic (exact) mass is 346 g/mol. The second-order valence-electron chi connectivity index (χ2n) is 7.22. The molecule has 1 aliphatic heterocycles. The van der Waals surface area contributed by atoms with E-state index in [2.05, 4.69) is 13.8 Å². The molecule has 0 spiro atoms. The van der Waals surface area contributed by atoms with Gasteiger partial charge in [-0.15, -0.1) is 0 Å². The minimum atomic E-state index is -0.401. The molecule has 0 unspecified atom stereocenters. The molecule has 0 saturated carbocycles. The topological polar surface area (TPSA) is 18.5 Å². The third-order valence-corrected chi connectivity index (χ3v) is 5.09. The summed E-state index contributed by atoms with van der Waals surface area (Å²) >= 11 is 0. The third-order valence-electron chi connectivity index (χ3n) is 5.09. The summed E-state index contributed by atoms with van der Waals surface area (Å²) in [6, 6.07) is 7.79. The Bertz CT molecular complexity index is 784. The first-order valence-corrected chi connectivity index (χ1v) is 8.65. The molecule has 0 aromatic heterocycles. The average Bonchev–Trinajstić information content (AvgIpc) is 2.94. The molecule has 0 radical (unpaired) electrons. The van der Waals surface area contributed by atoms with Crippen LogP contribution in [0.3, 0.4) is 0 Å². The Hall–Kier alpha value is -1.94. The number of benzene rings is 2. The number of hydrogen-bond donors (Lipinski definition) is 0. The molecule has 1 heterocycles. The van der Waals surface area contributed by atoms with Crippen molar-refractivity contribution in [3.8, 4) is 16.9 Å². The zero-order valence-electron chi connectivity index (χ0n) is 15.2. The van der Waals surface area contributed by atoms with Crippen molar-refractivity contribution in [1.29, 1.82) is 0 Å². The molecule has 0 amide bonds. The number of rotatable bonds is 4. The molecular weight excluding hydrogens is 322 g/mol. The van der Waals surface area contributed by atoms with Gasteiger partial charge in [-0.1, -0.05) is 20.8 Å². The highest BCUT2D eigenvalue weighted by Gasteiger charge is 2.38. The summed E-state index contributed by atoms with van der Waals surface area (Å²) in [5, 5.41) is 0. The van der Waals surface area contributed by atoms with Gasteiger partial charge >= 0.3 is 0 Å². The normalized spacial score (nSPS) is 19.2. The zero-order chi connectivity index (χ0) is 18.2. The summed E-state index contributed by atoms with van der Waals surface area (Å²) in [4.78, 5) is 0. The van der Waals surface area contributed by atoms with Crippen LogP contribution in [0.4, 0.5) is 8.78 Å².